The molecular formula is C25H28FN7O4S2. The third-order valence-electron chi connectivity index (χ3n) is 7.60. The smallest absolute Gasteiger partial charge is 0.274 e. The van der Waals surface area contributed by atoms with E-state index in [0.717, 1.165) is 10.00 Å². The van der Waals surface area contributed by atoms with Gasteiger partial charge in [-0.25, -0.2) is 27.1 Å². The fourth-order valence-corrected chi connectivity index (χ4v) is 8.09. The molecule has 2 fully saturated rings. The maximum atomic E-state index is 15.6. The minimum Gasteiger partial charge on any atom is -0.495 e. The van der Waals surface area contributed by atoms with Crippen LogP contribution in [0.3, 0.4) is 0 Å². The Morgan fingerprint density at radius 1 is 1.31 bits per heavy atom. The number of guanidine groups is 1. The number of sulfonamides is 1. The first-order valence-electron chi connectivity index (χ1n) is 12.1. The minimum absolute atomic E-state index is 0.0277. The Kier molecular flexibility index (Phi) is 6.81. The molecule has 0 unspecified atom stereocenters. The van der Waals surface area contributed by atoms with Crippen LogP contribution in [-0.2, 0) is 22.1 Å². The van der Waals surface area contributed by atoms with Crippen molar-refractivity contribution < 1.29 is 22.3 Å². The largest absolute Gasteiger partial charge is 0.495 e. The Morgan fingerprint density at radius 3 is 2.77 bits per heavy atom. The third kappa shape index (κ3) is 4.41. The lowest BCUT2D eigenvalue weighted by atomic mass is 9.77. The highest BCUT2D eigenvalue weighted by Crippen LogP contribution is 2.49. The molecule has 0 radical (unpaired) electrons. The maximum absolute atomic E-state index is 15.6. The number of benzene rings is 1. The average Bonchev–Trinajstić information content (AvgIpc) is 3.60. The molecule has 2 aromatic heterocycles. The first-order chi connectivity index (χ1) is 18.5. The van der Waals surface area contributed by atoms with Gasteiger partial charge >= 0.3 is 0 Å². The molecule has 3 N–H and O–H groups in total. The lowest BCUT2D eigenvalue weighted by molar-refractivity contribution is 0.102. The highest BCUT2D eigenvalue weighted by atomic mass is 32.2. The standard InChI is InChI=1S/C25H28FN7O4S2/c1-24(19-10-16(4-6-20(19)26)30-22(34)21-7-5-18(37-3)11-28-21)25(39(35,36)32(2)23(27)31-24)8-9-33(14-25)12-17-13-38-15-29-17/h4-7,10-11,13,15H,8-9,12,14H2,1-3H3,(H2,27,31)(H,30,34)/t24-,25-/m1/s1. The first-order valence-corrected chi connectivity index (χ1v) is 14.4. The number of amides is 1. The maximum Gasteiger partial charge on any atom is 0.274 e. The molecule has 2 atom stereocenters. The Labute approximate surface area is 229 Å². The summed E-state index contributed by atoms with van der Waals surface area (Å²) in [5.74, 6) is -1.05. The van der Waals surface area contributed by atoms with Crippen LogP contribution in [0.4, 0.5) is 10.1 Å². The van der Waals surface area contributed by atoms with Crippen LogP contribution in [0.15, 0.2) is 47.4 Å². The molecule has 14 heteroatoms. The predicted molar refractivity (Wildman–Crippen MR) is 145 cm³/mol. The van der Waals surface area contributed by atoms with Crippen LogP contribution in [0.1, 0.15) is 35.1 Å². The summed E-state index contributed by atoms with van der Waals surface area (Å²) in [6.07, 6.45) is 1.61. The lowest BCUT2D eigenvalue weighted by Gasteiger charge is -2.52. The molecular weight excluding hydrogens is 545 g/mol. The molecule has 4 heterocycles. The van der Waals surface area contributed by atoms with Crippen molar-refractivity contribution in [3.05, 3.63) is 70.2 Å². The van der Waals surface area contributed by atoms with Gasteiger partial charge in [0, 0.05) is 43.3 Å². The number of hydrogen-bond donors (Lipinski definition) is 3. The molecule has 1 amide bonds. The van der Waals surface area contributed by atoms with Gasteiger partial charge < -0.3 is 15.4 Å². The van der Waals surface area contributed by atoms with Crippen LogP contribution in [-0.4, -0.2) is 71.5 Å². The fraction of sp³-hybridized carbons (Fsp3) is 0.360. The van der Waals surface area contributed by atoms with Gasteiger partial charge in [-0.3, -0.25) is 15.1 Å². The van der Waals surface area contributed by atoms with Crippen molar-refractivity contribution in [2.45, 2.75) is 30.2 Å². The number of nitrogens with one attached hydrogen (secondary N) is 3. The van der Waals surface area contributed by atoms with E-state index in [9.17, 15) is 13.2 Å². The predicted octanol–water partition coefficient (Wildman–Crippen LogP) is 2.60. The normalized spacial score (nSPS) is 24.5. The zero-order valence-electron chi connectivity index (χ0n) is 21.6. The van der Waals surface area contributed by atoms with E-state index in [1.807, 2.05) is 10.3 Å². The summed E-state index contributed by atoms with van der Waals surface area (Å²) in [4.78, 5) is 23.2. The van der Waals surface area contributed by atoms with Gasteiger partial charge in [0.25, 0.3) is 5.91 Å². The molecule has 1 aromatic carbocycles. The van der Waals surface area contributed by atoms with E-state index in [1.54, 1.807) is 18.5 Å². The SMILES string of the molecule is COc1ccc(C(=O)Nc2ccc(F)c([C@@]3(C)NC(=N)N(C)S(=O)(=O)[C@@]34CCN(Cc3cscn3)C4)c2)nc1. The number of methoxy groups -OCH3 is 1. The summed E-state index contributed by atoms with van der Waals surface area (Å²) in [7, 11) is -1.30. The van der Waals surface area contributed by atoms with E-state index in [1.165, 1.54) is 56.0 Å². The topological polar surface area (TPSA) is 141 Å². The Morgan fingerprint density at radius 2 is 2.10 bits per heavy atom. The number of aromatic nitrogens is 2. The summed E-state index contributed by atoms with van der Waals surface area (Å²) >= 11 is 1.46. The monoisotopic (exact) mass is 573 g/mol. The molecule has 206 valence electrons. The van der Waals surface area contributed by atoms with Crippen LogP contribution < -0.4 is 15.4 Å². The Balaban J connectivity index is 1.53. The summed E-state index contributed by atoms with van der Waals surface area (Å²) < 4.78 is 48.0. The summed E-state index contributed by atoms with van der Waals surface area (Å²) in [5, 5.41) is 16.0. The number of hydrogen-bond acceptors (Lipinski definition) is 9. The van der Waals surface area contributed by atoms with E-state index in [-0.39, 0.29) is 35.9 Å². The lowest BCUT2D eigenvalue weighted by Crippen LogP contribution is -2.74. The van der Waals surface area contributed by atoms with Crippen LogP contribution in [0.2, 0.25) is 0 Å². The van der Waals surface area contributed by atoms with E-state index >= 15 is 4.39 Å². The average molecular weight is 574 g/mol. The van der Waals surface area contributed by atoms with Crippen LogP contribution in [0.25, 0.3) is 0 Å². The number of nitrogens with zero attached hydrogens (tertiary/aromatic N) is 4. The van der Waals surface area contributed by atoms with Crippen LogP contribution >= 0.6 is 11.3 Å². The molecule has 2 saturated heterocycles. The molecule has 1 spiro atoms. The number of thiazole rings is 1. The fourth-order valence-electron chi connectivity index (χ4n) is 5.36. The number of likely N-dealkylation sites (tertiary alicyclic amines) is 1. The second-order valence-electron chi connectivity index (χ2n) is 9.74. The molecule has 5 rings (SSSR count). The quantitative estimate of drug-likeness (QED) is 0.409. The van der Waals surface area contributed by atoms with Crippen molar-refractivity contribution in [1.29, 1.82) is 5.41 Å². The molecule has 2 aliphatic rings. The Bertz CT molecular complexity index is 1520. The van der Waals surface area contributed by atoms with Crippen molar-refractivity contribution in [3.63, 3.8) is 0 Å². The van der Waals surface area contributed by atoms with Gasteiger partial charge in [0.2, 0.25) is 16.0 Å². The van der Waals surface area contributed by atoms with Gasteiger partial charge in [-0.1, -0.05) is 0 Å². The van der Waals surface area contributed by atoms with E-state index in [4.69, 9.17) is 10.1 Å². The van der Waals surface area contributed by atoms with Gasteiger partial charge in [0.05, 0.1) is 30.1 Å². The summed E-state index contributed by atoms with van der Waals surface area (Å²) in [6.45, 7) is 2.59. The molecule has 0 saturated carbocycles. The highest BCUT2D eigenvalue weighted by molar-refractivity contribution is 7.91. The van der Waals surface area contributed by atoms with Gasteiger partial charge in [-0.2, -0.15) is 0 Å². The van der Waals surface area contributed by atoms with Gasteiger partial charge in [-0.05, 0) is 43.7 Å². The number of carbonyl (C=O) groups is 1. The second-order valence-corrected chi connectivity index (χ2v) is 12.7. The van der Waals surface area contributed by atoms with Crippen molar-refractivity contribution in [1.82, 2.24) is 24.5 Å². The number of ether oxygens (including phenoxy) is 1. The molecule has 0 aliphatic carbocycles. The first kappa shape index (κ1) is 27.0. The number of halogens is 1. The summed E-state index contributed by atoms with van der Waals surface area (Å²) in [6, 6.07) is 7.09. The Hall–Kier alpha value is -3.62. The molecule has 2 aliphatic heterocycles. The van der Waals surface area contributed by atoms with Crippen LogP contribution in [0, 0.1) is 11.2 Å². The van der Waals surface area contributed by atoms with E-state index in [0.29, 0.717) is 18.8 Å². The number of pyridine rings is 1. The molecule has 3 aromatic rings. The molecule has 11 nitrogen and oxygen atoms in total. The third-order valence-corrected chi connectivity index (χ3v) is 10.9. The van der Waals surface area contributed by atoms with Gasteiger partial charge in [0.15, 0.2) is 0 Å². The minimum atomic E-state index is -4.11. The van der Waals surface area contributed by atoms with Crippen molar-refractivity contribution in [2.24, 2.45) is 0 Å². The zero-order valence-corrected chi connectivity index (χ0v) is 23.2. The summed E-state index contributed by atoms with van der Waals surface area (Å²) in [5.41, 5.74) is 1.42. The van der Waals surface area contributed by atoms with Crippen molar-refractivity contribution in [2.75, 3.05) is 32.6 Å². The number of anilines is 1. The van der Waals surface area contributed by atoms with E-state index < -0.39 is 32.0 Å². The van der Waals surface area contributed by atoms with Gasteiger partial charge in [-0.15, -0.1) is 11.3 Å². The zero-order chi connectivity index (χ0) is 28.0. The second kappa shape index (κ2) is 9.84. The van der Waals surface area contributed by atoms with E-state index in [2.05, 4.69) is 20.6 Å². The van der Waals surface area contributed by atoms with Crippen LogP contribution in [0.5, 0.6) is 5.75 Å². The molecule has 39 heavy (non-hydrogen) atoms. The van der Waals surface area contributed by atoms with Crippen molar-refractivity contribution in [3.8, 4) is 5.75 Å². The number of carbonyl (C=O) groups excluding carboxylic acids is 1. The van der Waals surface area contributed by atoms with Gasteiger partial charge in [0.1, 0.15) is 22.0 Å². The highest BCUT2D eigenvalue weighted by Gasteiger charge is 2.66. The van der Waals surface area contributed by atoms with Crippen molar-refractivity contribution >= 4 is 38.9 Å². The molecule has 0 bridgehead atoms. The number of rotatable bonds is 6.